The van der Waals surface area contributed by atoms with Crippen LogP contribution in [0, 0.1) is 19.8 Å². The average molecular weight is 468 g/mol. The standard InChI is InChI=1S/C25H33N5O4/c1-4-8-20(17-9-6-5-7-10-17)30-24-19(27-23(25(30)33)26-14-13-21(31)32)12-11-18(28-24)22-15(2)29-34-16(22)3/h11-12,17,20H,4-10,13-14H2,1-3H3,(H,26,27)(H,31,32)/t20-/m0/s1. The maximum atomic E-state index is 13.8. The lowest BCUT2D eigenvalue weighted by molar-refractivity contribution is -0.136. The molecule has 0 aliphatic heterocycles. The number of aliphatic carboxylic acids is 1. The van der Waals surface area contributed by atoms with Crippen LogP contribution < -0.4 is 10.9 Å². The number of anilines is 1. The number of fused-ring (bicyclic) bond motifs is 1. The van der Waals surface area contributed by atoms with Crippen LogP contribution in [0.25, 0.3) is 22.4 Å². The van der Waals surface area contributed by atoms with Crippen molar-refractivity contribution < 1.29 is 14.4 Å². The summed E-state index contributed by atoms with van der Waals surface area (Å²) in [5, 5.41) is 16.0. The second-order valence-electron chi connectivity index (χ2n) is 9.20. The Morgan fingerprint density at radius 2 is 2.00 bits per heavy atom. The third-order valence-corrected chi connectivity index (χ3v) is 6.77. The van der Waals surface area contributed by atoms with Crippen LogP contribution in [0.1, 0.15) is 75.8 Å². The third kappa shape index (κ3) is 4.83. The first-order chi connectivity index (χ1) is 16.4. The lowest BCUT2D eigenvalue weighted by Crippen LogP contribution is -2.34. The maximum Gasteiger partial charge on any atom is 0.305 e. The zero-order valence-electron chi connectivity index (χ0n) is 20.1. The highest BCUT2D eigenvalue weighted by Gasteiger charge is 2.28. The highest BCUT2D eigenvalue weighted by molar-refractivity contribution is 5.77. The smallest absolute Gasteiger partial charge is 0.305 e. The zero-order valence-corrected chi connectivity index (χ0v) is 20.1. The molecule has 3 heterocycles. The quantitative estimate of drug-likeness (QED) is 0.457. The molecule has 3 aromatic rings. The molecule has 1 atom stereocenters. The van der Waals surface area contributed by atoms with Crippen LogP contribution in [0.4, 0.5) is 5.82 Å². The van der Waals surface area contributed by atoms with Gasteiger partial charge in [0.1, 0.15) is 11.3 Å². The monoisotopic (exact) mass is 467 g/mol. The third-order valence-electron chi connectivity index (χ3n) is 6.77. The van der Waals surface area contributed by atoms with E-state index in [0.717, 1.165) is 36.9 Å². The average Bonchev–Trinajstić information content (AvgIpc) is 3.16. The van der Waals surface area contributed by atoms with E-state index in [9.17, 15) is 9.59 Å². The van der Waals surface area contributed by atoms with Crippen molar-refractivity contribution in [2.24, 2.45) is 5.92 Å². The van der Waals surface area contributed by atoms with Crippen molar-refractivity contribution in [3.05, 3.63) is 33.9 Å². The van der Waals surface area contributed by atoms with Gasteiger partial charge in [-0.3, -0.25) is 14.2 Å². The van der Waals surface area contributed by atoms with Gasteiger partial charge in [0.05, 0.1) is 23.4 Å². The van der Waals surface area contributed by atoms with Crippen molar-refractivity contribution in [1.29, 1.82) is 0 Å². The summed E-state index contributed by atoms with van der Waals surface area (Å²) in [5.74, 6) is 0.326. The summed E-state index contributed by atoms with van der Waals surface area (Å²) in [6, 6.07) is 3.74. The predicted molar refractivity (Wildman–Crippen MR) is 130 cm³/mol. The number of carbonyl (C=O) groups is 1. The number of aromatic nitrogens is 4. The molecule has 182 valence electrons. The van der Waals surface area contributed by atoms with Crippen LogP contribution >= 0.6 is 0 Å². The number of pyridine rings is 1. The Morgan fingerprint density at radius 3 is 2.65 bits per heavy atom. The minimum Gasteiger partial charge on any atom is -0.481 e. The fraction of sp³-hybridized carbons (Fsp3) is 0.560. The van der Waals surface area contributed by atoms with Crippen molar-refractivity contribution in [2.45, 2.75) is 78.2 Å². The van der Waals surface area contributed by atoms with Crippen LogP contribution in [0.15, 0.2) is 21.5 Å². The number of hydrogen-bond donors (Lipinski definition) is 2. The highest BCUT2D eigenvalue weighted by atomic mass is 16.5. The minimum atomic E-state index is -0.926. The second kappa shape index (κ2) is 10.4. The van der Waals surface area contributed by atoms with Gasteiger partial charge in [0.2, 0.25) is 0 Å². The Bertz CT molecular complexity index is 1210. The van der Waals surface area contributed by atoms with E-state index in [-0.39, 0.29) is 30.4 Å². The van der Waals surface area contributed by atoms with E-state index < -0.39 is 5.97 Å². The van der Waals surface area contributed by atoms with Crippen molar-refractivity contribution in [2.75, 3.05) is 11.9 Å². The topological polar surface area (TPSA) is 123 Å². The van der Waals surface area contributed by atoms with Gasteiger partial charge in [-0.15, -0.1) is 0 Å². The van der Waals surface area contributed by atoms with E-state index >= 15 is 0 Å². The van der Waals surface area contributed by atoms with Crippen LogP contribution in [-0.2, 0) is 4.79 Å². The van der Waals surface area contributed by atoms with Crippen LogP contribution in [-0.4, -0.2) is 37.3 Å². The number of nitrogens with one attached hydrogen (secondary N) is 1. The minimum absolute atomic E-state index is 0.00995. The van der Waals surface area contributed by atoms with Gasteiger partial charge in [-0.2, -0.15) is 0 Å². The lowest BCUT2D eigenvalue weighted by Gasteiger charge is -2.32. The zero-order chi connectivity index (χ0) is 24.2. The fourth-order valence-corrected chi connectivity index (χ4v) is 5.17. The Labute approximate surface area is 198 Å². The molecule has 0 saturated heterocycles. The van der Waals surface area contributed by atoms with Gasteiger partial charge in [0.15, 0.2) is 11.5 Å². The van der Waals surface area contributed by atoms with Crippen molar-refractivity contribution >= 4 is 23.0 Å². The molecule has 9 nitrogen and oxygen atoms in total. The molecule has 1 aliphatic rings. The normalized spacial score (nSPS) is 15.5. The van der Waals surface area contributed by atoms with Crippen molar-refractivity contribution in [3.8, 4) is 11.3 Å². The lowest BCUT2D eigenvalue weighted by atomic mass is 9.82. The molecule has 0 bridgehead atoms. The largest absolute Gasteiger partial charge is 0.481 e. The fourth-order valence-electron chi connectivity index (χ4n) is 5.17. The summed E-state index contributed by atoms with van der Waals surface area (Å²) in [4.78, 5) is 34.2. The number of rotatable bonds is 9. The number of hydrogen-bond acceptors (Lipinski definition) is 7. The van der Waals surface area contributed by atoms with Gasteiger partial charge in [-0.05, 0) is 51.2 Å². The Balaban J connectivity index is 1.89. The molecule has 0 spiro atoms. The van der Waals surface area contributed by atoms with Gasteiger partial charge < -0.3 is 14.9 Å². The molecule has 9 heteroatoms. The summed E-state index contributed by atoms with van der Waals surface area (Å²) in [6.45, 7) is 6.00. The van der Waals surface area contributed by atoms with Crippen molar-refractivity contribution in [3.63, 3.8) is 0 Å². The van der Waals surface area contributed by atoms with E-state index in [1.165, 1.54) is 19.3 Å². The first-order valence-electron chi connectivity index (χ1n) is 12.2. The second-order valence-corrected chi connectivity index (χ2v) is 9.20. The molecule has 3 aromatic heterocycles. The predicted octanol–water partition coefficient (Wildman–Crippen LogP) is 4.87. The Hall–Kier alpha value is -3.23. The van der Waals surface area contributed by atoms with Gasteiger partial charge >= 0.3 is 5.97 Å². The van der Waals surface area contributed by atoms with E-state index in [4.69, 9.17) is 14.6 Å². The molecule has 2 N–H and O–H groups in total. The van der Waals surface area contributed by atoms with E-state index in [1.807, 2.05) is 30.5 Å². The van der Waals surface area contributed by atoms with Gasteiger partial charge in [-0.25, -0.2) is 9.97 Å². The Kier molecular flexibility index (Phi) is 7.29. The molecule has 1 fully saturated rings. The molecular weight excluding hydrogens is 434 g/mol. The summed E-state index contributed by atoms with van der Waals surface area (Å²) >= 11 is 0. The van der Waals surface area contributed by atoms with E-state index in [0.29, 0.717) is 28.5 Å². The molecule has 0 unspecified atom stereocenters. The van der Waals surface area contributed by atoms with Crippen molar-refractivity contribution in [1.82, 2.24) is 19.7 Å². The van der Waals surface area contributed by atoms with Crippen LogP contribution in [0.2, 0.25) is 0 Å². The number of carboxylic acid groups (broad SMARTS) is 1. The molecule has 4 rings (SSSR count). The number of nitrogens with zero attached hydrogens (tertiary/aromatic N) is 4. The molecule has 1 saturated carbocycles. The van der Waals surface area contributed by atoms with Crippen LogP contribution in [0.3, 0.4) is 0 Å². The summed E-state index contributed by atoms with van der Waals surface area (Å²) < 4.78 is 7.17. The molecule has 0 radical (unpaired) electrons. The van der Waals surface area contributed by atoms with Gasteiger partial charge in [-0.1, -0.05) is 37.8 Å². The molecule has 0 amide bonds. The van der Waals surface area contributed by atoms with E-state index in [2.05, 4.69) is 22.4 Å². The van der Waals surface area contributed by atoms with Gasteiger partial charge in [0, 0.05) is 12.6 Å². The molecular formula is C25H33N5O4. The molecule has 1 aliphatic carbocycles. The summed E-state index contributed by atoms with van der Waals surface area (Å²) in [6.07, 6.45) is 7.48. The van der Waals surface area contributed by atoms with E-state index in [1.54, 1.807) is 0 Å². The maximum absolute atomic E-state index is 13.8. The van der Waals surface area contributed by atoms with Crippen LogP contribution in [0.5, 0.6) is 0 Å². The number of aryl methyl sites for hydroxylation is 2. The SMILES string of the molecule is CCC[C@@H](C1CCCCC1)n1c(=O)c(NCCC(=O)O)nc2ccc(-c3c(C)noc3C)nc21. The summed E-state index contributed by atoms with van der Waals surface area (Å²) in [7, 11) is 0. The molecule has 34 heavy (non-hydrogen) atoms. The first kappa shape index (κ1) is 23.9. The van der Waals surface area contributed by atoms with Gasteiger partial charge in [0.25, 0.3) is 5.56 Å². The molecule has 0 aromatic carbocycles. The number of carboxylic acids is 1. The highest BCUT2D eigenvalue weighted by Crippen LogP contribution is 2.37. The summed E-state index contributed by atoms with van der Waals surface area (Å²) in [5.41, 5.74) is 3.18. The Morgan fingerprint density at radius 1 is 1.24 bits per heavy atom. The first-order valence-corrected chi connectivity index (χ1v) is 12.2.